The molecule has 0 spiro atoms. The van der Waals surface area contributed by atoms with E-state index in [4.69, 9.17) is 17.0 Å². The number of nitrogens with one attached hydrogen (secondary N) is 1. The molecule has 0 bridgehead atoms. The van der Waals surface area contributed by atoms with Crippen LogP contribution in [0.3, 0.4) is 0 Å². The number of nitrogens with two attached hydrogens (primary N) is 1. The van der Waals surface area contributed by atoms with E-state index in [9.17, 15) is 0 Å². The molecule has 132 valence electrons. The Kier molecular flexibility index (Phi) is 6.90. The highest BCUT2D eigenvalue weighted by atomic mass is 32.2. The predicted octanol–water partition coefficient (Wildman–Crippen LogP) is 4.16. The van der Waals surface area contributed by atoms with Crippen molar-refractivity contribution in [3.8, 4) is 5.75 Å². The number of unbranched alkanes of at least 4 members (excludes halogenated alkanes) is 1. The van der Waals surface area contributed by atoms with Crippen LogP contribution in [0.5, 0.6) is 5.75 Å². The summed E-state index contributed by atoms with van der Waals surface area (Å²) in [7, 11) is 1.64. The van der Waals surface area contributed by atoms with Crippen molar-refractivity contribution < 1.29 is 4.74 Å². The fourth-order valence-corrected chi connectivity index (χ4v) is 3.40. The van der Waals surface area contributed by atoms with Crippen molar-refractivity contribution in [1.82, 2.24) is 9.97 Å². The molecule has 25 heavy (non-hydrogen) atoms. The van der Waals surface area contributed by atoms with Gasteiger partial charge in [-0.15, -0.1) is 0 Å². The van der Waals surface area contributed by atoms with Gasteiger partial charge in [-0.3, -0.25) is 0 Å². The molecule has 6 nitrogen and oxygen atoms in total. The van der Waals surface area contributed by atoms with Gasteiger partial charge in [0.1, 0.15) is 11.6 Å². The van der Waals surface area contributed by atoms with Crippen LogP contribution < -0.4 is 15.8 Å². The molecule has 0 atom stereocenters. The minimum atomic E-state index is 0.259. The van der Waals surface area contributed by atoms with E-state index in [-0.39, 0.29) is 5.95 Å². The van der Waals surface area contributed by atoms with Crippen LogP contribution in [0.25, 0.3) is 4.85 Å². The fraction of sp³-hybridized carbons (Fsp3) is 0.389. The summed E-state index contributed by atoms with van der Waals surface area (Å²) in [5.41, 5.74) is 7.58. The lowest BCUT2D eigenvalue weighted by Crippen LogP contribution is -2.08. The van der Waals surface area contributed by atoms with Gasteiger partial charge in [0, 0.05) is 12.1 Å². The molecule has 2 rings (SSSR count). The first kappa shape index (κ1) is 18.9. The summed E-state index contributed by atoms with van der Waals surface area (Å²) in [6, 6.07) is 5.78. The molecule has 1 aromatic heterocycles. The van der Waals surface area contributed by atoms with Crippen molar-refractivity contribution in [2.24, 2.45) is 0 Å². The van der Waals surface area contributed by atoms with E-state index in [1.54, 1.807) is 7.11 Å². The van der Waals surface area contributed by atoms with Crippen LogP contribution in [0.2, 0.25) is 0 Å². The van der Waals surface area contributed by atoms with Crippen LogP contribution in [0.1, 0.15) is 31.0 Å². The molecule has 0 aliphatic rings. The van der Waals surface area contributed by atoms with Crippen molar-refractivity contribution in [2.45, 2.75) is 43.0 Å². The average molecular weight is 357 g/mol. The Balaban J connectivity index is 2.38. The molecule has 0 aliphatic heterocycles. The molecule has 3 N–H and O–H groups in total. The lowest BCUT2D eigenvalue weighted by atomic mass is 10.2. The third-order valence-electron chi connectivity index (χ3n) is 3.58. The SMILES string of the molecule is [C-]#[N+]Cc1ccc(OC)c(Sc2c(C)nc(N)nc2NCCCC)c1. The van der Waals surface area contributed by atoms with Gasteiger partial charge < -0.3 is 20.6 Å². The van der Waals surface area contributed by atoms with Gasteiger partial charge >= 0.3 is 0 Å². The highest BCUT2D eigenvalue weighted by Gasteiger charge is 2.15. The topological polar surface area (TPSA) is 77.4 Å². The molecule has 0 radical (unpaired) electrons. The van der Waals surface area contributed by atoms with Gasteiger partial charge in [0.15, 0.2) is 0 Å². The summed E-state index contributed by atoms with van der Waals surface area (Å²) < 4.78 is 5.47. The second-order valence-electron chi connectivity index (χ2n) is 5.53. The Labute approximate surface area is 153 Å². The van der Waals surface area contributed by atoms with Crippen LogP contribution in [0.15, 0.2) is 28.0 Å². The quantitative estimate of drug-likeness (QED) is 0.546. The van der Waals surface area contributed by atoms with Gasteiger partial charge in [-0.1, -0.05) is 25.1 Å². The lowest BCUT2D eigenvalue weighted by molar-refractivity contribution is 0.404. The minimum absolute atomic E-state index is 0.259. The van der Waals surface area contributed by atoms with Crippen LogP contribution in [-0.2, 0) is 6.54 Å². The normalized spacial score (nSPS) is 10.3. The van der Waals surface area contributed by atoms with Gasteiger partial charge in [-0.25, -0.2) is 11.6 Å². The number of rotatable bonds is 8. The van der Waals surface area contributed by atoms with E-state index >= 15 is 0 Å². The summed E-state index contributed by atoms with van der Waals surface area (Å²) in [6.45, 7) is 12.3. The molecule has 7 heteroatoms. The maximum absolute atomic E-state index is 7.06. The first-order valence-electron chi connectivity index (χ1n) is 8.15. The minimum Gasteiger partial charge on any atom is -0.496 e. The predicted molar refractivity (Wildman–Crippen MR) is 102 cm³/mol. The molecule has 2 aromatic rings. The summed E-state index contributed by atoms with van der Waals surface area (Å²) in [5, 5.41) is 3.35. The van der Waals surface area contributed by atoms with E-state index in [1.165, 1.54) is 11.8 Å². The molecule has 1 heterocycles. The molecule has 0 amide bonds. The zero-order chi connectivity index (χ0) is 18.2. The zero-order valence-electron chi connectivity index (χ0n) is 14.8. The molecule has 0 saturated carbocycles. The van der Waals surface area contributed by atoms with Gasteiger partial charge in [0.2, 0.25) is 12.5 Å². The Morgan fingerprint density at radius 3 is 2.84 bits per heavy atom. The Morgan fingerprint density at radius 2 is 2.16 bits per heavy atom. The monoisotopic (exact) mass is 357 g/mol. The molecular weight excluding hydrogens is 334 g/mol. The second kappa shape index (κ2) is 9.14. The second-order valence-corrected chi connectivity index (χ2v) is 6.58. The van der Waals surface area contributed by atoms with Gasteiger partial charge in [0.25, 0.3) is 0 Å². The van der Waals surface area contributed by atoms with E-state index in [0.717, 1.165) is 52.0 Å². The Morgan fingerprint density at radius 1 is 1.36 bits per heavy atom. The largest absolute Gasteiger partial charge is 0.496 e. The average Bonchev–Trinajstić information content (AvgIpc) is 2.58. The van der Waals surface area contributed by atoms with E-state index in [0.29, 0.717) is 6.54 Å². The summed E-state index contributed by atoms with van der Waals surface area (Å²) >= 11 is 1.53. The highest BCUT2D eigenvalue weighted by Crippen LogP contribution is 2.40. The van der Waals surface area contributed by atoms with E-state index in [2.05, 4.69) is 27.1 Å². The van der Waals surface area contributed by atoms with Gasteiger partial charge in [-0.05, 0) is 31.5 Å². The lowest BCUT2D eigenvalue weighted by Gasteiger charge is -2.15. The van der Waals surface area contributed by atoms with Crippen LogP contribution in [-0.4, -0.2) is 23.6 Å². The number of nitrogen functional groups attached to an aromatic ring is 1. The third-order valence-corrected chi connectivity index (χ3v) is 4.81. The van der Waals surface area contributed by atoms with Gasteiger partial charge in [-0.2, -0.15) is 4.98 Å². The third kappa shape index (κ3) is 5.00. The van der Waals surface area contributed by atoms with Crippen molar-refractivity contribution >= 4 is 23.5 Å². The van der Waals surface area contributed by atoms with Crippen molar-refractivity contribution in [1.29, 1.82) is 0 Å². The standard InChI is InChI=1S/C18H23N5OS/c1-5-6-9-21-17-16(12(2)22-18(19)23-17)25-15-10-13(11-20-3)7-8-14(15)24-4/h7-8,10H,5-6,9,11H2,1-2,4H3,(H3,19,21,22,23). The van der Waals surface area contributed by atoms with Gasteiger partial charge in [0.05, 0.1) is 22.6 Å². The first-order chi connectivity index (χ1) is 12.1. The van der Waals surface area contributed by atoms with E-state index < -0.39 is 0 Å². The molecule has 1 aromatic carbocycles. The number of ether oxygens (including phenoxy) is 1. The molecular formula is C18H23N5OS. The highest BCUT2D eigenvalue weighted by molar-refractivity contribution is 7.99. The molecule has 0 unspecified atom stereocenters. The fourth-order valence-electron chi connectivity index (χ4n) is 2.31. The Bertz CT molecular complexity index is 773. The number of methoxy groups -OCH3 is 1. The zero-order valence-corrected chi connectivity index (χ0v) is 15.6. The van der Waals surface area contributed by atoms with E-state index in [1.807, 2.05) is 25.1 Å². The van der Waals surface area contributed by atoms with Crippen molar-refractivity contribution in [3.05, 3.63) is 40.9 Å². The smallest absolute Gasteiger partial charge is 0.239 e. The Hall–Kier alpha value is -2.46. The summed E-state index contributed by atoms with van der Waals surface area (Å²) in [4.78, 5) is 14.0. The first-order valence-corrected chi connectivity index (χ1v) is 8.96. The number of hydrogen-bond donors (Lipinski definition) is 2. The molecule has 0 aliphatic carbocycles. The molecule has 0 saturated heterocycles. The number of aryl methyl sites for hydroxylation is 1. The van der Waals surface area contributed by atoms with Crippen LogP contribution in [0, 0.1) is 13.5 Å². The molecule has 0 fully saturated rings. The van der Waals surface area contributed by atoms with Crippen molar-refractivity contribution in [2.75, 3.05) is 24.7 Å². The van der Waals surface area contributed by atoms with Crippen LogP contribution >= 0.6 is 11.8 Å². The number of hydrogen-bond acceptors (Lipinski definition) is 6. The number of benzene rings is 1. The summed E-state index contributed by atoms with van der Waals surface area (Å²) in [5.74, 6) is 1.75. The number of aromatic nitrogens is 2. The summed E-state index contributed by atoms with van der Waals surface area (Å²) in [6.07, 6.45) is 2.15. The van der Waals surface area contributed by atoms with Crippen LogP contribution in [0.4, 0.5) is 11.8 Å². The van der Waals surface area contributed by atoms with Crippen molar-refractivity contribution in [3.63, 3.8) is 0 Å². The number of anilines is 2. The maximum atomic E-state index is 7.06. The maximum Gasteiger partial charge on any atom is 0.239 e. The number of nitrogens with zero attached hydrogens (tertiary/aromatic N) is 3.